The van der Waals surface area contributed by atoms with E-state index in [9.17, 15) is 9.18 Å². The van der Waals surface area contributed by atoms with Crippen molar-refractivity contribution in [2.24, 2.45) is 5.73 Å². The number of carbonyl (C=O) groups excluding carboxylic acids is 1. The first-order chi connectivity index (χ1) is 8.60. The Labute approximate surface area is 104 Å². The summed E-state index contributed by atoms with van der Waals surface area (Å²) in [5.41, 5.74) is 6.55. The lowest BCUT2D eigenvalue weighted by molar-refractivity contribution is 0.102. The Bertz CT molecular complexity index is 578. The highest BCUT2D eigenvalue weighted by Crippen LogP contribution is 2.17. The fourth-order valence-electron chi connectivity index (χ4n) is 1.54. The van der Waals surface area contributed by atoms with Gasteiger partial charge in [-0.15, -0.1) is 0 Å². The number of hydrogen-bond donors (Lipinski definition) is 2. The second-order valence-electron chi connectivity index (χ2n) is 3.92. The van der Waals surface area contributed by atoms with Crippen molar-refractivity contribution in [1.29, 1.82) is 0 Å². The van der Waals surface area contributed by atoms with Crippen LogP contribution < -0.4 is 11.1 Å². The van der Waals surface area contributed by atoms with E-state index in [1.54, 1.807) is 19.1 Å². The van der Waals surface area contributed by atoms with E-state index < -0.39 is 11.7 Å². The zero-order valence-electron chi connectivity index (χ0n) is 9.87. The van der Waals surface area contributed by atoms with Gasteiger partial charge in [-0.3, -0.25) is 4.79 Å². The Morgan fingerprint density at radius 2 is 2.22 bits per heavy atom. The molecule has 1 amide bonds. The quantitative estimate of drug-likeness (QED) is 0.876. The molecule has 0 spiro atoms. The van der Waals surface area contributed by atoms with E-state index in [1.807, 2.05) is 0 Å². The Balaban J connectivity index is 2.16. The Morgan fingerprint density at radius 3 is 2.78 bits per heavy atom. The van der Waals surface area contributed by atoms with Crippen LogP contribution in [0, 0.1) is 12.7 Å². The van der Waals surface area contributed by atoms with E-state index in [4.69, 9.17) is 10.2 Å². The third-order valence-corrected chi connectivity index (χ3v) is 2.51. The van der Waals surface area contributed by atoms with Crippen molar-refractivity contribution in [1.82, 2.24) is 0 Å². The molecule has 0 aliphatic rings. The summed E-state index contributed by atoms with van der Waals surface area (Å²) in [4.78, 5) is 11.8. The molecular weight excluding hydrogens is 235 g/mol. The molecule has 0 saturated heterocycles. The molecule has 1 aromatic heterocycles. The minimum absolute atomic E-state index is 0.121. The summed E-state index contributed by atoms with van der Waals surface area (Å²) in [6.45, 7) is 1.99. The van der Waals surface area contributed by atoms with Crippen LogP contribution in [-0.2, 0) is 6.54 Å². The van der Waals surface area contributed by atoms with Gasteiger partial charge in [0, 0.05) is 6.54 Å². The van der Waals surface area contributed by atoms with Gasteiger partial charge < -0.3 is 15.5 Å². The smallest absolute Gasteiger partial charge is 0.259 e. The largest absolute Gasteiger partial charge is 0.469 e. The predicted molar refractivity (Wildman–Crippen MR) is 65.7 cm³/mol. The Morgan fingerprint density at radius 1 is 1.44 bits per heavy atom. The van der Waals surface area contributed by atoms with Crippen molar-refractivity contribution in [2.75, 3.05) is 5.32 Å². The summed E-state index contributed by atoms with van der Waals surface area (Å²) in [5, 5.41) is 2.48. The monoisotopic (exact) mass is 248 g/mol. The minimum atomic E-state index is -0.508. The molecule has 0 atom stereocenters. The topological polar surface area (TPSA) is 68.3 Å². The van der Waals surface area contributed by atoms with Crippen LogP contribution in [0.25, 0.3) is 0 Å². The van der Waals surface area contributed by atoms with Crippen molar-refractivity contribution in [2.45, 2.75) is 13.5 Å². The first kappa shape index (κ1) is 12.3. The van der Waals surface area contributed by atoms with Crippen LogP contribution in [-0.4, -0.2) is 5.91 Å². The van der Waals surface area contributed by atoms with E-state index in [0.717, 1.165) is 0 Å². The molecule has 3 N–H and O–H groups in total. The van der Waals surface area contributed by atoms with Crippen LogP contribution in [0.5, 0.6) is 0 Å². The first-order valence-corrected chi connectivity index (χ1v) is 5.45. The van der Waals surface area contributed by atoms with E-state index in [2.05, 4.69) is 5.32 Å². The van der Waals surface area contributed by atoms with Crippen molar-refractivity contribution in [3.8, 4) is 0 Å². The molecule has 2 rings (SSSR count). The number of anilines is 1. The van der Waals surface area contributed by atoms with Gasteiger partial charge in [-0.05, 0) is 30.7 Å². The second kappa shape index (κ2) is 5.01. The number of aryl methyl sites for hydroxylation is 1. The molecule has 0 aliphatic heterocycles. The fourth-order valence-corrected chi connectivity index (χ4v) is 1.54. The summed E-state index contributed by atoms with van der Waals surface area (Å²) in [7, 11) is 0. The van der Waals surface area contributed by atoms with Crippen LogP contribution in [0.2, 0.25) is 0 Å². The molecule has 0 bridgehead atoms. The highest BCUT2D eigenvalue weighted by molar-refractivity contribution is 6.04. The van der Waals surface area contributed by atoms with Crippen molar-refractivity contribution >= 4 is 11.6 Å². The molecule has 4 nitrogen and oxygen atoms in total. The number of benzene rings is 1. The lowest BCUT2D eigenvalue weighted by Gasteiger charge is -2.06. The van der Waals surface area contributed by atoms with E-state index >= 15 is 0 Å². The van der Waals surface area contributed by atoms with Crippen molar-refractivity contribution < 1.29 is 13.6 Å². The van der Waals surface area contributed by atoms with E-state index in [-0.39, 0.29) is 12.2 Å². The molecule has 94 valence electrons. The van der Waals surface area contributed by atoms with Crippen LogP contribution in [0.3, 0.4) is 0 Å². The average molecular weight is 248 g/mol. The SMILES string of the molecule is Cc1cc(C(=O)Nc2ccc(CN)cc2F)co1. The fraction of sp³-hybridized carbons (Fsp3) is 0.154. The third kappa shape index (κ3) is 2.57. The number of halogens is 1. The van der Waals surface area contributed by atoms with Gasteiger partial charge in [0.1, 0.15) is 17.8 Å². The van der Waals surface area contributed by atoms with Gasteiger partial charge in [0.05, 0.1) is 11.3 Å². The molecule has 1 aromatic carbocycles. The van der Waals surface area contributed by atoms with Crippen LogP contribution in [0.15, 0.2) is 34.9 Å². The van der Waals surface area contributed by atoms with E-state index in [0.29, 0.717) is 16.9 Å². The standard InChI is InChI=1S/C13H13FN2O2/c1-8-4-10(7-18-8)13(17)16-12-3-2-9(6-15)5-11(12)14/h2-5,7H,6,15H2,1H3,(H,16,17). The summed E-state index contributed by atoms with van der Waals surface area (Å²) in [6, 6.07) is 6.04. The van der Waals surface area contributed by atoms with Gasteiger partial charge in [0.25, 0.3) is 5.91 Å². The van der Waals surface area contributed by atoms with Crippen molar-refractivity contribution in [3.63, 3.8) is 0 Å². The normalized spacial score (nSPS) is 10.4. The van der Waals surface area contributed by atoms with Gasteiger partial charge >= 0.3 is 0 Å². The summed E-state index contributed by atoms with van der Waals surface area (Å²) < 4.78 is 18.6. The Kier molecular flexibility index (Phi) is 3.43. The molecule has 0 fully saturated rings. The zero-order chi connectivity index (χ0) is 13.1. The Hall–Kier alpha value is -2.14. The molecular formula is C13H13FN2O2. The first-order valence-electron chi connectivity index (χ1n) is 5.45. The second-order valence-corrected chi connectivity index (χ2v) is 3.92. The number of nitrogens with two attached hydrogens (primary N) is 1. The number of hydrogen-bond acceptors (Lipinski definition) is 3. The maximum Gasteiger partial charge on any atom is 0.259 e. The molecule has 0 unspecified atom stereocenters. The molecule has 5 heteroatoms. The summed E-state index contributed by atoms with van der Waals surface area (Å²) in [6.07, 6.45) is 1.33. The zero-order valence-corrected chi connectivity index (χ0v) is 9.87. The van der Waals surface area contributed by atoms with Gasteiger partial charge in [0.2, 0.25) is 0 Å². The highest BCUT2D eigenvalue weighted by Gasteiger charge is 2.11. The number of carbonyl (C=O) groups is 1. The molecule has 2 aromatic rings. The summed E-state index contributed by atoms with van der Waals surface area (Å²) >= 11 is 0. The number of amides is 1. The van der Waals surface area contributed by atoms with Gasteiger partial charge in [0.15, 0.2) is 0 Å². The maximum absolute atomic E-state index is 13.6. The average Bonchev–Trinajstić information content (AvgIpc) is 2.78. The van der Waals surface area contributed by atoms with Crippen LogP contribution in [0.1, 0.15) is 21.7 Å². The molecule has 1 heterocycles. The molecule has 0 saturated carbocycles. The van der Waals surface area contributed by atoms with Crippen LogP contribution in [0.4, 0.5) is 10.1 Å². The predicted octanol–water partition coefficient (Wildman–Crippen LogP) is 2.44. The number of rotatable bonds is 3. The third-order valence-electron chi connectivity index (χ3n) is 2.51. The summed E-state index contributed by atoms with van der Waals surface area (Å²) in [5.74, 6) is -0.295. The van der Waals surface area contributed by atoms with Gasteiger partial charge in [-0.1, -0.05) is 6.07 Å². The van der Waals surface area contributed by atoms with Gasteiger partial charge in [-0.25, -0.2) is 4.39 Å². The highest BCUT2D eigenvalue weighted by atomic mass is 19.1. The number of nitrogens with one attached hydrogen (secondary N) is 1. The molecule has 0 radical (unpaired) electrons. The number of furan rings is 1. The lowest BCUT2D eigenvalue weighted by atomic mass is 10.2. The van der Waals surface area contributed by atoms with Crippen LogP contribution >= 0.6 is 0 Å². The van der Waals surface area contributed by atoms with E-state index in [1.165, 1.54) is 18.4 Å². The minimum Gasteiger partial charge on any atom is -0.469 e. The molecule has 0 aliphatic carbocycles. The van der Waals surface area contributed by atoms with Gasteiger partial charge in [-0.2, -0.15) is 0 Å². The molecule has 18 heavy (non-hydrogen) atoms. The maximum atomic E-state index is 13.6. The lowest BCUT2D eigenvalue weighted by Crippen LogP contribution is -2.12. The van der Waals surface area contributed by atoms with Crippen molar-refractivity contribution in [3.05, 3.63) is 53.2 Å².